The van der Waals surface area contributed by atoms with E-state index in [2.05, 4.69) is 10.3 Å². The Bertz CT molecular complexity index is 917. The van der Waals surface area contributed by atoms with Crippen molar-refractivity contribution in [2.75, 3.05) is 12.4 Å². The molecule has 0 saturated heterocycles. The summed E-state index contributed by atoms with van der Waals surface area (Å²) in [6.45, 7) is 3.63. The maximum atomic E-state index is 14.1. The topological polar surface area (TPSA) is 56.1 Å². The van der Waals surface area contributed by atoms with Crippen molar-refractivity contribution in [2.24, 2.45) is 0 Å². The average molecular weight is 339 g/mol. The van der Waals surface area contributed by atoms with Gasteiger partial charge in [-0.25, -0.2) is 9.37 Å². The van der Waals surface area contributed by atoms with E-state index < -0.39 is 0 Å². The lowest BCUT2D eigenvalue weighted by molar-refractivity contribution is 0.102. The van der Waals surface area contributed by atoms with Crippen LogP contribution >= 0.6 is 0 Å². The SMILES string of the molecule is COc1ccc(NC(=O)c2cc(C)n(-c3ccccc3F)c2C)cn1. The molecule has 25 heavy (non-hydrogen) atoms. The first-order valence-electron chi connectivity index (χ1n) is 7.76. The van der Waals surface area contributed by atoms with Crippen LogP contribution in [-0.4, -0.2) is 22.6 Å². The summed E-state index contributed by atoms with van der Waals surface area (Å²) < 4.78 is 20.8. The van der Waals surface area contributed by atoms with Crippen molar-refractivity contribution in [2.45, 2.75) is 13.8 Å². The number of anilines is 1. The summed E-state index contributed by atoms with van der Waals surface area (Å²) in [5.74, 6) is -0.144. The molecule has 0 saturated carbocycles. The van der Waals surface area contributed by atoms with E-state index in [1.807, 2.05) is 6.92 Å². The zero-order valence-electron chi connectivity index (χ0n) is 14.2. The average Bonchev–Trinajstić information content (AvgIpc) is 2.91. The largest absolute Gasteiger partial charge is 0.481 e. The molecule has 0 unspecified atom stereocenters. The number of halogens is 1. The van der Waals surface area contributed by atoms with Crippen molar-refractivity contribution in [3.05, 3.63) is 71.4 Å². The molecule has 3 rings (SSSR count). The highest BCUT2D eigenvalue weighted by molar-refractivity contribution is 6.05. The molecule has 0 aliphatic heterocycles. The summed E-state index contributed by atoms with van der Waals surface area (Å²) in [5, 5.41) is 2.79. The van der Waals surface area contributed by atoms with E-state index in [1.54, 1.807) is 47.9 Å². The molecule has 1 amide bonds. The summed E-state index contributed by atoms with van der Waals surface area (Å²) in [4.78, 5) is 16.7. The van der Waals surface area contributed by atoms with Crippen LogP contribution in [0.3, 0.4) is 0 Å². The molecule has 0 atom stereocenters. The molecule has 0 radical (unpaired) electrons. The first kappa shape index (κ1) is 16.7. The third kappa shape index (κ3) is 3.24. The predicted octanol–water partition coefficient (Wildman–Crippen LogP) is 3.89. The van der Waals surface area contributed by atoms with Gasteiger partial charge in [0.2, 0.25) is 5.88 Å². The van der Waals surface area contributed by atoms with E-state index in [0.717, 1.165) is 5.69 Å². The number of rotatable bonds is 4. The maximum absolute atomic E-state index is 14.1. The van der Waals surface area contributed by atoms with Crippen LogP contribution in [0.2, 0.25) is 0 Å². The van der Waals surface area contributed by atoms with Gasteiger partial charge >= 0.3 is 0 Å². The number of pyridine rings is 1. The van der Waals surface area contributed by atoms with Crippen LogP contribution in [0, 0.1) is 19.7 Å². The lowest BCUT2D eigenvalue weighted by Gasteiger charge is -2.11. The fourth-order valence-electron chi connectivity index (χ4n) is 2.77. The number of methoxy groups -OCH3 is 1. The Morgan fingerprint density at radius 3 is 2.60 bits per heavy atom. The number of hydrogen-bond donors (Lipinski definition) is 1. The number of aryl methyl sites for hydroxylation is 1. The molecule has 0 bridgehead atoms. The maximum Gasteiger partial charge on any atom is 0.257 e. The number of aromatic nitrogens is 2. The number of hydrogen-bond acceptors (Lipinski definition) is 3. The molecule has 3 aromatic rings. The minimum Gasteiger partial charge on any atom is -0.481 e. The fourth-order valence-corrected chi connectivity index (χ4v) is 2.77. The van der Waals surface area contributed by atoms with E-state index in [0.29, 0.717) is 28.5 Å². The summed E-state index contributed by atoms with van der Waals surface area (Å²) >= 11 is 0. The number of para-hydroxylation sites is 1. The summed E-state index contributed by atoms with van der Waals surface area (Å²) in [6, 6.07) is 11.6. The first-order chi connectivity index (χ1) is 12.0. The molecular weight excluding hydrogens is 321 g/mol. The van der Waals surface area contributed by atoms with Gasteiger partial charge in [-0.15, -0.1) is 0 Å². The van der Waals surface area contributed by atoms with Gasteiger partial charge in [0.1, 0.15) is 5.82 Å². The number of nitrogens with one attached hydrogen (secondary N) is 1. The van der Waals surface area contributed by atoms with Gasteiger partial charge in [0, 0.05) is 17.5 Å². The molecule has 128 valence electrons. The van der Waals surface area contributed by atoms with Crippen LogP contribution in [-0.2, 0) is 0 Å². The van der Waals surface area contributed by atoms with Crippen molar-refractivity contribution in [1.29, 1.82) is 0 Å². The van der Waals surface area contributed by atoms with E-state index in [9.17, 15) is 9.18 Å². The van der Waals surface area contributed by atoms with Crippen molar-refractivity contribution in [1.82, 2.24) is 9.55 Å². The number of amides is 1. The Balaban J connectivity index is 1.91. The highest BCUT2D eigenvalue weighted by atomic mass is 19.1. The second kappa shape index (κ2) is 6.76. The Labute approximate surface area is 145 Å². The molecule has 1 N–H and O–H groups in total. The van der Waals surface area contributed by atoms with Crippen molar-refractivity contribution >= 4 is 11.6 Å². The second-order valence-corrected chi connectivity index (χ2v) is 5.61. The molecule has 2 heterocycles. The van der Waals surface area contributed by atoms with Gasteiger partial charge < -0.3 is 14.6 Å². The Hall–Kier alpha value is -3.15. The predicted molar refractivity (Wildman–Crippen MR) is 93.9 cm³/mol. The minimum absolute atomic E-state index is 0.275. The number of benzene rings is 1. The fraction of sp³-hybridized carbons (Fsp3) is 0.158. The number of ether oxygens (including phenoxy) is 1. The van der Waals surface area contributed by atoms with Crippen molar-refractivity contribution in [3.63, 3.8) is 0 Å². The first-order valence-corrected chi connectivity index (χ1v) is 7.76. The highest BCUT2D eigenvalue weighted by Crippen LogP contribution is 2.23. The molecule has 6 heteroatoms. The summed E-state index contributed by atoms with van der Waals surface area (Å²) in [5.41, 5.74) is 2.91. The van der Waals surface area contributed by atoms with Gasteiger partial charge in [-0.05, 0) is 38.1 Å². The monoisotopic (exact) mass is 339 g/mol. The van der Waals surface area contributed by atoms with Gasteiger partial charge in [0.25, 0.3) is 5.91 Å². The van der Waals surface area contributed by atoms with Crippen LogP contribution in [0.25, 0.3) is 5.69 Å². The zero-order chi connectivity index (χ0) is 18.0. The summed E-state index contributed by atoms with van der Waals surface area (Å²) in [7, 11) is 1.53. The smallest absolute Gasteiger partial charge is 0.257 e. The van der Waals surface area contributed by atoms with Crippen LogP contribution in [0.4, 0.5) is 10.1 Å². The van der Waals surface area contributed by atoms with Crippen molar-refractivity contribution < 1.29 is 13.9 Å². The number of nitrogens with zero attached hydrogens (tertiary/aromatic N) is 2. The molecule has 1 aromatic carbocycles. The Morgan fingerprint density at radius 2 is 1.96 bits per heavy atom. The second-order valence-electron chi connectivity index (χ2n) is 5.61. The molecular formula is C19H18FN3O2. The van der Waals surface area contributed by atoms with Gasteiger partial charge in [0.15, 0.2) is 0 Å². The van der Waals surface area contributed by atoms with Gasteiger partial charge in [-0.3, -0.25) is 4.79 Å². The molecule has 2 aromatic heterocycles. The van der Waals surface area contributed by atoms with Crippen molar-refractivity contribution in [3.8, 4) is 11.6 Å². The van der Waals surface area contributed by atoms with Gasteiger partial charge in [-0.1, -0.05) is 12.1 Å². The quantitative estimate of drug-likeness (QED) is 0.784. The zero-order valence-corrected chi connectivity index (χ0v) is 14.2. The third-order valence-electron chi connectivity index (χ3n) is 3.97. The van der Waals surface area contributed by atoms with Crippen LogP contribution in [0.5, 0.6) is 5.88 Å². The minimum atomic E-state index is -0.337. The van der Waals surface area contributed by atoms with Gasteiger partial charge in [0.05, 0.1) is 30.2 Å². The lowest BCUT2D eigenvalue weighted by Crippen LogP contribution is -2.13. The number of carbonyl (C=O) groups excluding carboxylic acids is 1. The van der Waals surface area contributed by atoms with E-state index in [1.165, 1.54) is 19.4 Å². The third-order valence-corrected chi connectivity index (χ3v) is 3.97. The van der Waals surface area contributed by atoms with Gasteiger partial charge in [-0.2, -0.15) is 0 Å². The molecule has 0 aliphatic carbocycles. The molecule has 0 spiro atoms. The summed E-state index contributed by atoms with van der Waals surface area (Å²) in [6.07, 6.45) is 1.52. The molecule has 0 aliphatic rings. The Morgan fingerprint density at radius 1 is 1.20 bits per heavy atom. The standard InChI is InChI=1S/C19H18FN3O2/c1-12-10-15(13(2)23(12)17-7-5-4-6-16(17)20)19(24)22-14-8-9-18(25-3)21-11-14/h4-11H,1-3H3,(H,22,24). The van der Waals surface area contributed by atoms with E-state index >= 15 is 0 Å². The van der Waals surface area contributed by atoms with E-state index in [-0.39, 0.29) is 11.7 Å². The molecule has 5 nitrogen and oxygen atoms in total. The molecule has 0 fully saturated rings. The van der Waals surface area contributed by atoms with Crippen LogP contribution < -0.4 is 10.1 Å². The normalized spacial score (nSPS) is 10.6. The van der Waals surface area contributed by atoms with Crippen LogP contribution in [0.15, 0.2) is 48.7 Å². The van der Waals surface area contributed by atoms with E-state index in [4.69, 9.17) is 4.74 Å². The highest BCUT2D eigenvalue weighted by Gasteiger charge is 2.18. The lowest BCUT2D eigenvalue weighted by atomic mass is 10.2. The Kier molecular flexibility index (Phi) is 4.52. The van der Waals surface area contributed by atoms with Crippen LogP contribution in [0.1, 0.15) is 21.7 Å². The number of carbonyl (C=O) groups is 1.